The summed E-state index contributed by atoms with van der Waals surface area (Å²) in [6.07, 6.45) is 1.24. The zero-order chi connectivity index (χ0) is 12.3. The molecule has 1 saturated heterocycles. The Kier molecular flexibility index (Phi) is 4.02. The molecule has 1 N–H and O–H groups in total. The summed E-state index contributed by atoms with van der Waals surface area (Å²) < 4.78 is 5.28. The molecule has 94 valence electrons. The van der Waals surface area contributed by atoms with Gasteiger partial charge in [0.05, 0.1) is 7.11 Å². The van der Waals surface area contributed by atoms with Crippen molar-refractivity contribution < 1.29 is 4.74 Å². The predicted molar refractivity (Wildman–Crippen MR) is 70.4 cm³/mol. The lowest BCUT2D eigenvalue weighted by Gasteiger charge is -2.30. The minimum Gasteiger partial charge on any atom is -0.497 e. The van der Waals surface area contributed by atoms with Crippen LogP contribution in [0.3, 0.4) is 0 Å². The van der Waals surface area contributed by atoms with Gasteiger partial charge in [-0.15, -0.1) is 0 Å². The van der Waals surface area contributed by atoms with Crippen molar-refractivity contribution in [1.82, 2.24) is 10.2 Å². The van der Waals surface area contributed by atoms with E-state index < -0.39 is 0 Å². The fourth-order valence-electron chi connectivity index (χ4n) is 2.44. The Morgan fingerprint density at radius 1 is 1.47 bits per heavy atom. The minimum atomic E-state index is 0.426. The van der Waals surface area contributed by atoms with E-state index in [0.717, 1.165) is 18.8 Å². The molecule has 3 nitrogen and oxygen atoms in total. The van der Waals surface area contributed by atoms with Crippen LogP contribution in [0.2, 0.25) is 0 Å². The number of nitrogens with zero attached hydrogens (tertiary/aromatic N) is 1. The maximum atomic E-state index is 5.28. The van der Waals surface area contributed by atoms with E-state index in [1.165, 1.54) is 12.0 Å². The molecule has 1 aromatic carbocycles. The van der Waals surface area contributed by atoms with Crippen LogP contribution in [0.1, 0.15) is 24.9 Å². The maximum absolute atomic E-state index is 5.28. The Morgan fingerprint density at radius 2 is 2.29 bits per heavy atom. The number of hydrogen-bond donors (Lipinski definition) is 1. The molecule has 0 saturated carbocycles. The van der Waals surface area contributed by atoms with Crippen LogP contribution in [0.25, 0.3) is 0 Å². The van der Waals surface area contributed by atoms with Gasteiger partial charge in [0.1, 0.15) is 5.75 Å². The second kappa shape index (κ2) is 5.52. The monoisotopic (exact) mass is 234 g/mol. The maximum Gasteiger partial charge on any atom is 0.119 e. The van der Waals surface area contributed by atoms with Crippen molar-refractivity contribution in [2.45, 2.75) is 25.4 Å². The molecule has 2 rings (SSSR count). The van der Waals surface area contributed by atoms with Gasteiger partial charge in [-0.25, -0.2) is 0 Å². The van der Waals surface area contributed by atoms with Crippen LogP contribution >= 0.6 is 0 Å². The Balaban J connectivity index is 2.09. The van der Waals surface area contributed by atoms with E-state index in [4.69, 9.17) is 4.74 Å². The summed E-state index contributed by atoms with van der Waals surface area (Å²) in [4.78, 5) is 2.45. The first-order valence-electron chi connectivity index (χ1n) is 6.29. The Morgan fingerprint density at radius 3 is 2.94 bits per heavy atom. The van der Waals surface area contributed by atoms with Gasteiger partial charge in [-0.1, -0.05) is 12.1 Å². The molecule has 0 radical (unpaired) electrons. The average molecular weight is 234 g/mol. The molecule has 0 aromatic heterocycles. The minimum absolute atomic E-state index is 0.426. The molecule has 0 aliphatic carbocycles. The van der Waals surface area contributed by atoms with Gasteiger partial charge in [0.15, 0.2) is 0 Å². The van der Waals surface area contributed by atoms with Crippen molar-refractivity contribution in [3.63, 3.8) is 0 Å². The number of benzene rings is 1. The number of methoxy groups -OCH3 is 1. The van der Waals surface area contributed by atoms with Gasteiger partial charge in [-0.05, 0) is 44.6 Å². The lowest BCUT2D eigenvalue weighted by Crippen LogP contribution is -2.35. The lowest BCUT2D eigenvalue weighted by molar-refractivity contribution is 0.196. The second-order valence-corrected chi connectivity index (χ2v) is 4.76. The Labute approximate surface area is 104 Å². The molecule has 17 heavy (non-hydrogen) atoms. The van der Waals surface area contributed by atoms with Crippen molar-refractivity contribution in [1.29, 1.82) is 0 Å². The second-order valence-electron chi connectivity index (χ2n) is 4.76. The van der Waals surface area contributed by atoms with E-state index in [9.17, 15) is 0 Å². The van der Waals surface area contributed by atoms with E-state index in [2.05, 4.69) is 42.4 Å². The van der Waals surface area contributed by atoms with E-state index in [-0.39, 0.29) is 0 Å². The highest BCUT2D eigenvalue weighted by Crippen LogP contribution is 2.25. The van der Waals surface area contributed by atoms with Crippen molar-refractivity contribution in [2.24, 2.45) is 0 Å². The fourth-order valence-corrected chi connectivity index (χ4v) is 2.44. The molecule has 1 heterocycles. The van der Waals surface area contributed by atoms with E-state index in [0.29, 0.717) is 12.1 Å². The topological polar surface area (TPSA) is 24.5 Å². The van der Waals surface area contributed by atoms with Crippen molar-refractivity contribution >= 4 is 0 Å². The Bertz CT molecular complexity index is 361. The zero-order valence-electron chi connectivity index (χ0n) is 10.9. The van der Waals surface area contributed by atoms with Gasteiger partial charge in [0.25, 0.3) is 0 Å². The van der Waals surface area contributed by atoms with Gasteiger partial charge in [0, 0.05) is 18.6 Å². The van der Waals surface area contributed by atoms with Gasteiger partial charge in [0.2, 0.25) is 0 Å². The van der Waals surface area contributed by atoms with Gasteiger partial charge in [-0.3, -0.25) is 4.90 Å². The van der Waals surface area contributed by atoms with Crippen LogP contribution in [0.4, 0.5) is 0 Å². The summed E-state index contributed by atoms with van der Waals surface area (Å²) in [5, 5.41) is 3.42. The molecule has 0 spiro atoms. The third kappa shape index (κ3) is 2.79. The quantitative estimate of drug-likeness (QED) is 0.863. The third-order valence-electron chi connectivity index (χ3n) is 3.80. The normalized spacial score (nSPS) is 21.8. The first-order valence-corrected chi connectivity index (χ1v) is 6.29. The van der Waals surface area contributed by atoms with Crippen LogP contribution in [0.5, 0.6) is 5.75 Å². The van der Waals surface area contributed by atoms with Crippen LogP contribution in [-0.4, -0.2) is 38.2 Å². The van der Waals surface area contributed by atoms with Crippen LogP contribution in [0.15, 0.2) is 24.3 Å². The summed E-state index contributed by atoms with van der Waals surface area (Å²) in [5.41, 5.74) is 1.32. The molecule has 3 heteroatoms. The van der Waals surface area contributed by atoms with Crippen LogP contribution < -0.4 is 10.1 Å². The highest BCUT2D eigenvalue weighted by molar-refractivity contribution is 5.30. The highest BCUT2D eigenvalue weighted by atomic mass is 16.5. The summed E-state index contributed by atoms with van der Waals surface area (Å²) in [7, 11) is 3.93. The van der Waals surface area contributed by atoms with E-state index in [1.54, 1.807) is 7.11 Å². The summed E-state index contributed by atoms with van der Waals surface area (Å²) >= 11 is 0. The first-order chi connectivity index (χ1) is 8.22. The first kappa shape index (κ1) is 12.4. The van der Waals surface area contributed by atoms with Crippen LogP contribution in [0, 0.1) is 0 Å². The van der Waals surface area contributed by atoms with Crippen molar-refractivity contribution in [3.05, 3.63) is 29.8 Å². The summed E-state index contributed by atoms with van der Waals surface area (Å²) in [6, 6.07) is 9.43. The van der Waals surface area contributed by atoms with Crippen LogP contribution in [-0.2, 0) is 0 Å². The number of nitrogens with one attached hydrogen (secondary N) is 1. The Hall–Kier alpha value is -1.06. The molecule has 0 amide bonds. The average Bonchev–Trinajstić information content (AvgIpc) is 2.91. The molecular weight excluding hydrogens is 212 g/mol. The highest BCUT2D eigenvalue weighted by Gasteiger charge is 2.23. The van der Waals surface area contributed by atoms with E-state index in [1.807, 2.05) is 6.07 Å². The summed E-state index contributed by atoms with van der Waals surface area (Å²) in [5.74, 6) is 0.937. The molecule has 2 atom stereocenters. The van der Waals surface area contributed by atoms with Gasteiger partial charge >= 0.3 is 0 Å². The predicted octanol–water partition coefficient (Wildman–Crippen LogP) is 2.05. The van der Waals surface area contributed by atoms with Gasteiger partial charge < -0.3 is 10.1 Å². The van der Waals surface area contributed by atoms with Gasteiger partial charge in [-0.2, -0.15) is 0 Å². The number of rotatable bonds is 4. The largest absolute Gasteiger partial charge is 0.497 e. The molecule has 1 aliphatic heterocycles. The number of ether oxygens (including phenoxy) is 1. The summed E-state index contributed by atoms with van der Waals surface area (Å²) in [6.45, 7) is 4.50. The molecular formula is C14H22N2O. The SMILES string of the molecule is COc1cccc(C(C)N(C)C2CCNC2)c1. The van der Waals surface area contributed by atoms with E-state index >= 15 is 0 Å². The number of likely N-dealkylation sites (N-methyl/N-ethyl adjacent to an activating group) is 1. The number of hydrogen-bond acceptors (Lipinski definition) is 3. The van der Waals surface area contributed by atoms with Crippen molar-refractivity contribution in [2.75, 3.05) is 27.2 Å². The molecule has 1 aromatic rings. The lowest BCUT2D eigenvalue weighted by atomic mass is 10.0. The third-order valence-corrected chi connectivity index (χ3v) is 3.80. The smallest absolute Gasteiger partial charge is 0.119 e. The molecule has 0 bridgehead atoms. The standard InChI is InChI=1S/C14H22N2O/c1-11(16(2)13-7-8-15-10-13)12-5-4-6-14(9-12)17-3/h4-6,9,11,13,15H,7-8,10H2,1-3H3. The zero-order valence-corrected chi connectivity index (χ0v) is 10.9. The fraction of sp³-hybridized carbons (Fsp3) is 0.571. The molecule has 2 unspecified atom stereocenters. The molecule has 1 fully saturated rings. The van der Waals surface area contributed by atoms with Crippen molar-refractivity contribution in [3.8, 4) is 5.75 Å². The molecule has 1 aliphatic rings.